The third-order valence-electron chi connectivity index (χ3n) is 5.29. The van der Waals surface area contributed by atoms with Gasteiger partial charge in [0, 0.05) is 17.0 Å². The normalized spacial score (nSPS) is 13.3. The highest BCUT2D eigenvalue weighted by molar-refractivity contribution is 6.30. The van der Waals surface area contributed by atoms with Gasteiger partial charge in [0.05, 0.1) is 0 Å². The number of carbonyl (C=O) groups is 1. The fourth-order valence-electron chi connectivity index (χ4n) is 3.48. The van der Waals surface area contributed by atoms with E-state index < -0.39 is 5.60 Å². The predicted octanol–water partition coefficient (Wildman–Crippen LogP) is 6.17. The molecule has 162 valence electrons. The minimum absolute atomic E-state index is 0.0157. The van der Waals surface area contributed by atoms with Crippen molar-refractivity contribution >= 4 is 17.5 Å². The molecule has 3 aromatic rings. The molecule has 3 aromatic carbocycles. The molecule has 0 saturated heterocycles. The molecule has 0 bridgehead atoms. The molecule has 0 aliphatic carbocycles. The summed E-state index contributed by atoms with van der Waals surface area (Å²) < 4.78 is 19.3. The van der Waals surface area contributed by atoms with Crippen molar-refractivity contribution in [3.05, 3.63) is 101 Å². The standard InChI is InChI=1S/C26H27ClFNO2/c1-18(29-25(30)26(2,3)31-23-15-11-21(27)12-16-23)24(20-7-5-4-6-8-20)17-19-9-13-22(28)14-10-19/h4-16,18,24H,17H2,1-3H3,(H,29,30)/t18-,24+/m0/s1. The van der Waals surface area contributed by atoms with Gasteiger partial charge in [-0.15, -0.1) is 0 Å². The van der Waals surface area contributed by atoms with Gasteiger partial charge in [0.25, 0.3) is 5.91 Å². The zero-order valence-corrected chi connectivity index (χ0v) is 18.7. The average Bonchev–Trinajstić information content (AvgIpc) is 2.75. The summed E-state index contributed by atoms with van der Waals surface area (Å²) in [5.74, 6) is 0.113. The van der Waals surface area contributed by atoms with Crippen LogP contribution in [-0.2, 0) is 11.2 Å². The smallest absolute Gasteiger partial charge is 0.263 e. The van der Waals surface area contributed by atoms with Crippen molar-refractivity contribution in [1.29, 1.82) is 0 Å². The number of rotatable bonds is 8. The van der Waals surface area contributed by atoms with Gasteiger partial charge in [-0.3, -0.25) is 4.79 Å². The summed E-state index contributed by atoms with van der Waals surface area (Å²) in [4.78, 5) is 13.1. The van der Waals surface area contributed by atoms with Gasteiger partial charge in [0.1, 0.15) is 11.6 Å². The summed E-state index contributed by atoms with van der Waals surface area (Å²) in [6, 6.07) is 23.3. The molecular formula is C26H27ClFNO2. The minimum atomic E-state index is -1.07. The van der Waals surface area contributed by atoms with Crippen LogP contribution in [0.2, 0.25) is 5.02 Å². The first-order valence-corrected chi connectivity index (χ1v) is 10.7. The summed E-state index contributed by atoms with van der Waals surface area (Å²) in [6.07, 6.45) is 0.671. The number of ether oxygens (including phenoxy) is 1. The number of hydrogen-bond donors (Lipinski definition) is 1. The molecule has 0 saturated carbocycles. The first kappa shape index (κ1) is 22.8. The maximum atomic E-state index is 13.3. The lowest BCUT2D eigenvalue weighted by Gasteiger charge is -2.31. The molecule has 0 aromatic heterocycles. The molecule has 2 atom stereocenters. The molecular weight excluding hydrogens is 413 g/mol. The lowest BCUT2D eigenvalue weighted by atomic mass is 9.86. The first-order valence-electron chi connectivity index (χ1n) is 10.3. The number of carbonyl (C=O) groups excluding carboxylic acids is 1. The third kappa shape index (κ3) is 6.31. The quantitative estimate of drug-likeness (QED) is 0.456. The highest BCUT2D eigenvalue weighted by Gasteiger charge is 2.33. The Morgan fingerprint density at radius 1 is 1.00 bits per heavy atom. The van der Waals surface area contributed by atoms with Crippen molar-refractivity contribution in [2.24, 2.45) is 0 Å². The van der Waals surface area contributed by atoms with Gasteiger partial charge in [-0.05, 0) is 74.7 Å². The number of hydrogen-bond acceptors (Lipinski definition) is 2. The molecule has 0 radical (unpaired) electrons. The van der Waals surface area contributed by atoms with E-state index in [2.05, 4.69) is 5.32 Å². The molecule has 0 unspecified atom stereocenters. The van der Waals surface area contributed by atoms with Gasteiger partial charge in [-0.25, -0.2) is 4.39 Å². The van der Waals surface area contributed by atoms with Crippen molar-refractivity contribution in [2.75, 3.05) is 0 Å². The van der Waals surface area contributed by atoms with Crippen molar-refractivity contribution < 1.29 is 13.9 Å². The topological polar surface area (TPSA) is 38.3 Å². The van der Waals surface area contributed by atoms with Crippen LogP contribution in [0.15, 0.2) is 78.9 Å². The summed E-state index contributed by atoms with van der Waals surface area (Å²) in [5.41, 5.74) is 1.04. The fourth-order valence-corrected chi connectivity index (χ4v) is 3.61. The lowest BCUT2D eigenvalue weighted by molar-refractivity contribution is -0.135. The van der Waals surface area contributed by atoms with Crippen LogP contribution in [0.4, 0.5) is 4.39 Å². The molecule has 0 aliphatic heterocycles. The lowest BCUT2D eigenvalue weighted by Crippen LogP contribution is -2.51. The Labute approximate surface area is 188 Å². The monoisotopic (exact) mass is 439 g/mol. The van der Waals surface area contributed by atoms with Gasteiger partial charge >= 0.3 is 0 Å². The SMILES string of the molecule is C[C@H](NC(=O)C(C)(C)Oc1ccc(Cl)cc1)[C@@H](Cc1ccc(F)cc1)c1ccccc1. The van der Waals surface area contributed by atoms with E-state index in [1.54, 1.807) is 50.2 Å². The summed E-state index contributed by atoms with van der Waals surface area (Å²) in [6.45, 7) is 5.46. The van der Waals surface area contributed by atoms with Gasteiger partial charge in [0.15, 0.2) is 5.60 Å². The molecule has 3 rings (SSSR count). The van der Waals surface area contributed by atoms with Crippen LogP contribution < -0.4 is 10.1 Å². The van der Waals surface area contributed by atoms with E-state index >= 15 is 0 Å². The first-order chi connectivity index (χ1) is 14.7. The Balaban J connectivity index is 1.75. The highest BCUT2D eigenvalue weighted by Crippen LogP contribution is 2.26. The van der Waals surface area contributed by atoms with Crippen molar-refractivity contribution in [3.63, 3.8) is 0 Å². The van der Waals surface area contributed by atoms with E-state index in [0.717, 1.165) is 11.1 Å². The predicted molar refractivity (Wildman–Crippen MR) is 123 cm³/mol. The van der Waals surface area contributed by atoms with Crippen LogP contribution in [0.5, 0.6) is 5.75 Å². The van der Waals surface area contributed by atoms with Gasteiger partial charge < -0.3 is 10.1 Å². The maximum Gasteiger partial charge on any atom is 0.263 e. The van der Waals surface area contributed by atoms with Gasteiger partial charge in [-0.1, -0.05) is 54.1 Å². The number of nitrogens with one attached hydrogen (secondary N) is 1. The van der Waals surface area contributed by atoms with E-state index in [-0.39, 0.29) is 23.7 Å². The van der Waals surface area contributed by atoms with Crippen LogP contribution in [0, 0.1) is 5.82 Å². The van der Waals surface area contributed by atoms with Crippen molar-refractivity contribution in [2.45, 2.75) is 44.8 Å². The molecule has 3 nitrogen and oxygen atoms in total. The molecule has 31 heavy (non-hydrogen) atoms. The summed E-state index contributed by atoms with van der Waals surface area (Å²) in [7, 11) is 0. The second-order valence-corrected chi connectivity index (χ2v) is 8.61. The average molecular weight is 440 g/mol. The molecule has 0 spiro atoms. The zero-order chi connectivity index (χ0) is 22.4. The Morgan fingerprint density at radius 3 is 2.23 bits per heavy atom. The van der Waals surface area contributed by atoms with Crippen LogP contribution in [-0.4, -0.2) is 17.6 Å². The largest absolute Gasteiger partial charge is 0.478 e. The Kier molecular flexibility index (Phi) is 7.34. The van der Waals surface area contributed by atoms with Crippen LogP contribution in [0.3, 0.4) is 0 Å². The van der Waals surface area contributed by atoms with Crippen LogP contribution >= 0.6 is 11.6 Å². The van der Waals surface area contributed by atoms with E-state index in [4.69, 9.17) is 16.3 Å². The molecule has 0 heterocycles. The Morgan fingerprint density at radius 2 is 1.61 bits per heavy atom. The number of halogens is 2. The molecule has 1 amide bonds. The van der Waals surface area contributed by atoms with E-state index in [1.165, 1.54) is 12.1 Å². The fraction of sp³-hybridized carbons (Fsp3) is 0.269. The Hall–Kier alpha value is -2.85. The summed E-state index contributed by atoms with van der Waals surface area (Å²) in [5, 5.41) is 3.72. The van der Waals surface area contributed by atoms with E-state index in [0.29, 0.717) is 17.2 Å². The number of benzene rings is 3. The second kappa shape index (κ2) is 9.97. The second-order valence-electron chi connectivity index (χ2n) is 8.18. The zero-order valence-electron chi connectivity index (χ0n) is 17.9. The highest BCUT2D eigenvalue weighted by atomic mass is 35.5. The molecule has 5 heteroatoms. The Bertz CT molecular complexity index is 988. The summed E-state index contributed by atoms with van der Waals surface area (Å²) >= 11 is 5.93. The number of amides is 1. The molecule has 1 N–H and O–H groups in total. The third-order valence-corrected chi connectivity index (χ3v) is 5.54. The van der Waals surface area contributed by atoms with Crippen molar-refractivity contribution in [3.8, 4) is 5.75 Å². The molecule has 0 aliphatic rings. The minimum Gasteiger partial charge on any atom is -0.478 e. The van der Waals surface area contributed by atoms with Gasteiger partial charge in [-0.2, -0.15) is 0 Å². The van der Waals surface area contributed by atoms with Crippen LogP contribution in [0.25, 0.3) is 0 Å². The van der Waals surface area contributed by atoms with Crippen LogP contribution in [0.1, 0.15) is 37.8 Å². The van der Waals surface area contributed by atoms with E-state index in [1.807, 2.05) is 37.3 Å². The maximum absolute atomic E-state index is 13.3. The molecule has 0 fully saturated rings. The van der Waals surface area contributed by atoms with E-state index in [9.17, 15) is 9.18 Å². The van der Waals surface area contributed by atoms with Crippen molar-refractivity contribution in [1.82, 2.24) is 5.32 Å². The van der Waals surface area contributed by atoms with Gasteiger partial charge in [0.2, 0.25) is 0 Å².